The molecule has 0 aliphatic rings. The van der Waals surface area contributed by atoms with Gasteiger partial charge in [-0.15, -0.1) is 11.3 Å². The summed E-state index contributed by atoms with van der Waals surface area (Å²) in [6.07, 6.45) is 1.40. The van der Waals surface area contributed by atoms with Gasteiger partial charge in [0.15, 0.2) is 17.5 Å². The van der Waals surface area contributed by atoms with E-state index in [0.717, 1.165) is 34.1 Å². The molecule has 2 aromatic heterocycles. The Bertz CT molecular complexity index is 885. The summed E-state index contributed by atoms with van der Waals surface area (Å²) in [4.78, 5) is 20.8. The second-order valence-electron chi connectivity index (χ2n) is 4.38. The number of halogens is 3. The number of fused-ring (bicyclic) bond motifs is 1. The Labute approximate surface area is 136 Å². The first kappa shape index (κ1) is 15.8. The molecule has 118 valence electrons. The standard InChI is InChI=1S/C14H8F3N3OS2/c15-8-1-2-9(12(17)11(8)16)20-10(21)5-23-14-7-3-4-22-13(7)18-6-19-14/h1-4,6H,5H2,(H,20,21). The number of amides is 1. The Morgan fingerprint density at radius 1 is 1.17 bits per heavy atom. The van der Waals surface area contributed by atoms with E-state index < -0.39 is 29.0 Å². The fourth-order valence-electron chi connectivity index (χ4n) is 1.82. The van der Waals surface area contributed by atoms with E-state index >= 15 is 0 Å². The van der Waals surface area contributed by atoms with Gasteiger partial charge in [-0.1, -0.05) is 11.8 Å². The minimum atomic E-state index is -1.62. The van der Waals surface area contributed by atoms with Gasteiger partial charge in [-0.25, -0.2) is 23.1 Å². The average molecular weight is 355 g/mol. The summed E-state index contributed by atoms with van der Waals surface area (Å²) in [6, 6.07) is 3.56. The third-order valence-electron chi connectivity index (χ3n) is 2.87. The summed E-state index contributed by atoms with van der Waals surface area (Å²) >= 11 is 2.60. The van der Waals surface area contributed by atoms with E-state index in [1.807, 2.05) is 11.4 Å². The third-order valence-corrected chi connectivity index (χ3v) is 4.70. The molecule has 4 nitrogen and oxygen atoms in total. The van der Waals surface area contributed by atoms with Crippen molar-refractivity contribution in [3.63, 3.8) is 0 Å². The highest BCUT2D eigenvalue weighted by Crippen LogP contribution is 2.28. The second-order valence-corrected chi connectivity index (χ2v) is 6.24. The monoisotopic (exact) mass is 355 g/mol. The molecule has 23 heavy (non-hydrogen) atoms. The number of thioether (sulfide) groups is 1. The zero-order chi connectivity index (χ0) is 16.4. The molecule has 0 fully saturated rings. The maximum Gasteiger partial charge on any atom is 0.234 e. The average Bonchev–Trinajstić information content (AvgIpc) is 3.02. The van der Waals surface area contributed by atoms with Crippen molar-refractivity contribution in [2.75, 3.05) is 11.1 Å². The molecule has 0 saturated carbocycles. The van der Waals surface area contributed by atoms with Gasteiger partial charge < -0.3 is 5.32 Å². The molecule has 1 N–H and O–H groups in total. The Hall–Kier alpha value is -2.13. The summed E-state index contributed by atoms with van der Waals surface area (Å²) in [7, 11) is 0. The molecule has 0 bridgehead atoms. The van der Waals surface area contributed by atoms with Gasteiger partial charge in [-0.3, -0.25) is 4.79 Å². The van der Waals surface area contributed by atoms with Crippen LogP contribution in [-0.2, 0) is 4.79 Å². The molecule has 9 heteroatoms. The van der Waals surface area contributed by atoms with Crippen LogP contribution < -0.4 is 5.32 Å². The molecule has 0 radical (unpaired) electrons. The number of carbonyl (C=O) groups excluding carboxylic acids is 1. The van der Waals surface area contributed by atoms with Crippen molar-refractivity contribution in [3.8, 4) is 0 Å². The summed E-state index contributed by atoms with van der Waals surface area (Å²) < 4.78 is 39.4. The molecule has 3 aromatic rings. The Kier molecular flexibility index (Phi) is 4.49. The first-order valence-electron chi connectivity index (χ1n) is 6.30. The van der Waals surface area contributed by atoms with Gasteiger partial charge in [-0.2, -0.15) is 0 Å². The van der Waals surface area contributed by atoms with E-state index in [9.17, 15) is 18.0 Å². The zero-order valence-corrected chi connectivity index (χ0v) is 13.0. The molecular formula is C14H8F3N3OS2. The minimum Gasteiger partial charge on any atom is -0.323 e. The summed E-state index contributed by atoms with van der Waals surface area (Å²) in [5, 5.41) is 5.52. The van der Waals surface area contributed by atoms with Crippen molar-refractivity contribution in [1.29, 1.82) is 0 Å². The number of nitrogens with zero attached hydrogens (tertiary/aromatic N) is 2. The summed E-state index contributed by atoms with van der Waals surface area (Å²) in [5.41, 5.74) is -0.405. The quantitative estimate of drug-likeness (QED) is 0.439. The lowest BCUT2D eigenvalue weighted by Crippen LogP contribution is -2.16. The van der Waals surface area contributed by atoms with Gasteiger partial charge in [0.1, 0.15) is 16.2 Å². The fourth-order valence-corrected chi connectivity index (χ4v) is 3.40. The minimum absolute atomic E-state index is 0.0552. The Morgan fingerprint density at radius 2 is 2.00 bits per heavy atom. The molecule has 1 amide bonds. The lowest BCUT2D eigenvalue weighted by Gasteiger charge is -2.07. The zero-order valence-electron chi connectivity index (χ0n) is 11.3. The van der Waals surface area contributed by atoms with Gasteiger partial charge in [0.05, 0.1) is 11.4 Å². The SMILES string of the molecule is O=C(CSc1ncnc2sccc12)Nc1ccc(F)c(F)c1F. The lowest BCUT2D eigenvalue weighted by atomic mass is 10.3. The van der Waals surface area contributed by atoms with Gasteiger partial charge >= 0.3 is 0 Å². The van der Waals surface area contributed by atoms with E-state index in [2.05, 4.69) is 15.3 Å². The highest BCUT2D eigenvalue weighted by molar-refractivity contribution is 8.00. The molecule has 0 atom stereocenters. The van der Waals surface area contributed by atoms with Crippen LogP contribution in [0.25, 0.3) is 10.2 Å². The van der Waals surface area contributed by atoms with E-state index in [-0.39, 0.29) is 5.75 Å². The van der Waals surface area contributed by atoms with Crippen LogP contribution in [0.1, 0.15) is 0 Å². The summed E-state index contributed by atoms with van der Waals surface area (Å²) in [6.45, 7) is 0. The topological polar surface area (TPSA) is 54.9 Å². The molecule has 3 rings (SSSR count). The van der Waals surface area contributed by atoms with Crippen molar-refractivity contribution < 1.29 is 18.0 Å². The summed E-state index contributed by atoms with van der Waals surface area (Å²) in [5.74, 6) is -4.96. The largest absolute Gasteiger partial charge is 0.323 e. The van der Waals surface area contributed by atoms with Crippen molar-refractivity contribution in [3.05, 3.63) is 47.4 Å². The van der Waals surface area contributed by atoms with Crippen molar-refractivity contribution >= 4 is 44.9 Å². The van der Waals surface area contributed by atoms with Crippen LogP contribution >= 0.6 is 23.1 Å². The molecule has 0 saturated heterocycles. The van der Waals surface area contributed by atoms with Gasteiger partial charge in [0.2, 0.25) is 5.91 Å². The predicted molar refractivity (Wildman–Crippen MR) is 83.1 cm³/mol. The van der Waals surface area contributed by atoms with Crippen molar-refractivity contribution in [2.45, 2.75) is 5.03 Å². The highest BCUT2D eigenvalue weighted by Gasteiger charge is 2.16. The molecule has 0 aliphatic carbocycles. The van der Waals surface area contributed by atoms with Crippen LogP contribution in [0.15, 0.2) is 34.9 Å². The first-order chi connectivity index (χ1) is 11.1. The van der Waals surface area contributed by atoms with E-state index in [1.54, 1.807) is 0 Å². The molecule has 0 aliphatic heterocycles. The van der Waals surface area contributed by atoms with Crippen molar-refractivity contribution in [2.24, 2.45) is 0 Å². The maximum absolute atomic E-state index is 13.5. The normalized spacial score (nSPS) is 10.9. The number of benzene rings is 1. The van der Waals surface area contributed by atoms with E-state index in [0.29, 0.717) is 5.03 Å². The van der Waals surface area contributed by atoms with Crippen LogP contribution in [0.5, 0.6) is 0 Å². The second kappa shape index (κ2) is 6.55. The van der Waals surface area contributed by atoms with Crippen LogP contribution in [0.3, 0.4) is 0 Å². The van der Waals surface area contributed by atoms with E-state index in [4.69, 9.17) is 0 Å². The van der Waals surface area contributed by atoms with Gasteiger partial charge in [0.25, 0.3) is 0 Å². The smallest absolute Gasteiger partial charge is 0.234 e. The van der Waals surface area contributed by atoms with E-state index in [1.165, 1.54) is 17.7 Å². The number of hydrogen-bond acceptors (Lipinski definition) is 5. The third kappa shape index (κ3) is 3.30. The predicted octanol–water partition coefficient (Wildman–Crippen LogP) is 3.84. The number of nitrogens with one attached hydrogen (secondary N) is 1. The number of carbonyl (C=O) groups is 1. The first-order valence-corrected chi connectivity index (χ1v) is 8.17. The fraction of sp³-hybridized carbons (Fsp3) is 0.0714. The van der Waals surface area contributed by atoms with Crippen LogP contribution in [0.4, 0.5) is 18.9 Å². The molecule has 0 unspecified atom stereocenters. The maximum atomic E-state index is 13.5. The lowest BCUT2D eigenvalue weighted by molar-refractivity contribution is -0.113. The molecule has 1 aromatic carbocycles. The molecular weight excluding hydrogens is 347 g/mol. The van der Waals surface area contributed by atoms with Crippen LogP contribution in [0, 0.1) is 17.5 Å². The van der Waals surface area contributed by atoms with Crippen molar-refractivity contribution in [1.82, 2.24) is 9.97 Å². The molecule has 2 heterocycles. The highest BCUT2D eigenvalue weighted by atomic mass is 32.2. The van der Waals surface area contributed by atoms with Crippen LogP contribution in [0.2, 0.25) is 0 Å². The van der Waals surface area contributed by atoms with Crippen LogP contribution in [-0.4, -0.2) is 21.6 Å². The number of rotatable bonds is 4. The van der Waals surface area contributed by atoms with Gasteiger partial charge in [0, 0.05) is 5.39 Å². The number of anilines is 1. The number of hydrogen-bond donors (Lipinski definition) is 1. The number of thiophene rings is 1. The number of aromatic nitrogens is 2. The Morgan fingerprint density at radius 3 is 2.83 bits per heavy atom. The Balaban J connectivity index is 1.69. The van der Waals surface area contributed by atoms with Gasteiger partial charge in [-0.05, 0) is 23.6 Å². The molecule has 0 spiro atoms.